The highest BCUT2D eigenvalue weighted by Gasteiger charge is 2.68. The lowest BCUT2D eigenvalue weighted by atomic mass is 9.33. The molecule has 0 aromatic heterocycles. The van der Waals surface area contributed by atoms with Crippen LogP contribution in [0.1, 0.15) is 113 Å². The Labute approximate surface area is 197 Å². The van der Waals surface area contributed by atoms with E-state index in [0.717, 1.165) is 38.5 Å². The topological polar surface area (TPSA) is 37.3 Å². The molecule has 5 aliphatic rings. The highest BCUT2D eigenvalue weighted by atomic mass is 16.3. The van der Waals surface area contributed by atoms with Crippen LogP contribution in [0.4, 0.5) is 0 Å². The SMILES string of the molecule is CC1(C)CC(=O)[C@]2(C)CC[C@]3(C)C(=CC[C@@H]4[C@@]5(C)CC[C@H](O)C(C)(C)[C@@H]5CC[C@]43C)[C@@H]2C1. The quantitative estimate of drug-likeness (QED) is 0.400. The van der Waals surface area contributed by atoms with E-state index in [1.54, 1.807) is 5.57 Å². The molecule has 32 heavy (non-hydrogen) atoms. The molecule has 0 spiro atoms. The molecule has 0 aromatic carbocycles. The van der Waals surface area contributed by atoms with Crippen molar-refractivity contribution in [1.82, 2.24) is 0 Å². The normalized spacial score (nSPS) is 53.9. The van der Waals surface area contributed by atoms with Crippen molar-refractivity contribution in [2.45, 2.75) is 119 Å². The Bertz CT molecular complexity index is 866. The number of carbonyl (C=O) groups is 1. The molecule has 0 saturated heterocycles. The molecule has 8 atom stereocenters. The van der Waals surface area contributed by atoms with E-state index in [1.165, 1.54) is 19.3 Å². The van der Waals surface area contributed by atoms with E-state index < -0.39 is 0 Å². The highest BCUT2D eigenvalue weighted by Crippen LogP contribution is 2.75. The molecule has 0 heterocycles. The highest BCUT2D eigenvalue weighted by molar-refractivity contribution is 5.87. The number of allylic oxidation sites excluding steroid dienone is 2. The number of Topliss-reactive ketones (excluding diaryl/α,β-unsaturated/α-hetero) is 1. The number of rotatable bonds is 0. The van der Waals surface area contributed by atoms with Crippen LogP contribution in [0.3, 0.4) is 0 Å². The molecule has 1 N–H and O–H groups in total. The molecule has 0 bridgehead atoms. The molecule has 2 nitrogen and oxygen atoms in total. The van der Waals surface area contributed by atoms with Gasteiger partial charge < -0.3 is 5.11 Å². The second-order valence-corrected chi connectivity index (χ2v) is 15.1. The zero-order valence-electron chi connectivity index (χ0n) is 22.1. The van der Waals surface area contributed by atoms with Gasteiger partial charge in [0.05, 0.1) is 6.10 Å². The smallest absolute Gasteiger partial charge is 0.139 e. The van der Waals surface area contributed by atoms with E-state index in [1.807, 2.05) is 0 Å². The van der Waals surface area contributed by atoms with E-state index in [-0.39, 0.29) is 33.2 Å². The van der Waals surface area contributed by atoms with Gasteiger partial charge in [0.25, 0.3) is 0 Å². The number of aliphatic hydroxyl groups excluding tert-OH is 1. The lowest BCUT2D eigenvalue weighted by Gasteiger charge is -2.71. The van der Waals surface area contributed by atoms with Gasteiger partial charge in [0.2, 0.25) is 0 Å². The van der Waals surface area contributed by atoms with Crippen LogP contribution in [0.15, 0.2) is 11.6 Å². The second kappa shape index (κ2) is 6.52. The molecule has 180 valence electrons. The van der Waals surface area contributed by atoms with Crippen molar-refractivity contribution in [3.8, 4) is 0 Å². The van der Waals surface area contributed by atoms with Crippen molar-refractivity contribution < 1.29 is 9.90 Å². The monoisotopic (exact) mass is 440 g/mol. The Balaban J connectivity index is 1.59. The summed E-state index contributed by atoms with van der Waals surface area (Å²) in [5, 5.41) is 10.9. The Hall–Kier alpha value is -0.630. The number of ketones is 1. The molecule has 0 aromatic rings. The minimum atomic E-state index is -0.166. The maximum Gasteiger partial charge on any atom is 0.139 e. The first kappa shape index (κ1) is 23.1. The van der Waals surface area contributed by atoms with Crippen LogP contribution in [-0.4, -0.2) is 17.0 Å². The predicted octanol–water partition coefficient (Wildman–Crippen LogP) is 7.35. The Morgan fingerprint density at radius 3 is 2.25 bits per heavy atom. The molecular weight excluding hydrogens is 392 g/mol. The lowest BCUT2D eigenvalue weighted by Crippen LogP contribution is -2.65. The molecule has 5 aliphatic carbocycles. The van der Waals surface area contributed by atoms with Gasteiger partial charge in [0, 0.05) is 11.8 Å². The van der Waals surface area contributed by atoms with Crippen molar-refractivity contribution in [2.24, 2.45) is 50.2 Å². The molecule has 2 heteroatoms. The summed E-state index contributed by atoms with van der Waals surface area (Å²) in [7, 11) is 0. The number of carbonyl (C=O) groups excluding carboxylic acids is 1. The molecule has 0 unspecified atom stereocenters. The van der Waals surface area contributed by atoms with Crippen LogP contribution in [0.5, 0.6) is 0 Å². The summed E-state index contributed by atoms with van der Waals surface area (Å²) < 4.78 is 0. The summed E-state index contributed by atoms with van der Waals surface area (Å²) in [6, 6.07) is 0. The van der Waals surface area contributed by atoms with Crippen molar-refractivity contribution in [1.29, 1.82) is 0 Å². The molecule has 0 aliphatic heterocycles. The third-order valence-electron chi connectivity index (χ3n) is 12.8. The number of hydrogen-bond acceptors (Lipinski definition) is 2. The van der Waals surface area contributed by atoms with Crippen molar-refractivity contribution >= 4 is 5.78 Å². The minimum absolute atomic E-state index is 0.00414. The summed E-state index contributed by atoms with van der Waals surface area (Å²) >= 11 is 0. The first-order chi connectivity index (χ1) is 14.6. The Morgan fingerprint density at radius 1 is 0.875 bits per heavy atom. The Morgan fingerprint density at radius 2 is 1.56 bits per heavy atom. The average molecular weight is 441 g/mol. The fourth-order valence-corrected chi connectivity index (χ4v) is 10.4. The van der Waals surface area contributed by atoms with Gasteiger partial charge in [0.1, 0.15) is 5.78 Å². The van der Waals surface area contributed by atoms with E-state index in [9.17, 15) is 9.90 Å². The van der Waals surface area contributed by atoms with Crippen LogP contribution in [-0.2, 0) is 4.79 Å². The maximum absolute atomic E-state index is 13.4. The molecule has 0 radical (unpaired) electrons. The van der Waals surface area contributed by atoms with Crippen LogP contribution in [0, 0.1) is 50.2 Å². The van der Waals surface area contributed by atoms with Crippen LogP contribution < -0.4 is 0 Å². The summed E-state index contributed by atoms with van der Waals surface area (Å²) in [5.74, 6) is 2.21. The molecule has 0 amide bonds. The summed E-state index contributed by atoms with van der Waals surface area (Å²) in [6.07, 6.45) is 12.4. The zero-order valence-corrected chi connectivity index (χ0v) is 22.1. The summed E-state index contributed by atoms with van der Waals surface area (Å²) in [4.78, 5) is 13.4. The molecule has 4 saturated carbocycles. The molecule has 4 fully saturated rings. The van der Waals surface area contributed by atoms with E-state index in [2.05, 4.69) is 61.5 Å². The summed E-state index contributed by atoms with van der Waals surface area (Å²) in [5.41, 5.74) is 2.40. The largest absolute Gasteiger partial charge is 0.393 e. The number of fused-ring (bicyclic) bond motifs is 7. The maximum atomic E-state index is 13.4. The third-order valence-corrected chi connectivity index (χ3v) is 12.8. The van der Waals surface area contributed by atoms with Gasteiger partial charge >= 0.3 is 0 Å². The second-order valence-electron chi connectivity index (χ2n) is 15.1. The van der Waals surface area contributed by atoms with Gasteiger partial charge in [-0.05, 0) is 96.2 Å². The molecule has 5 rings (SSSR count). The van der Waals surface area contributed by atoms with Gasteiger partial charge in [0.15, 0.2) is 0 Å². The van der Waals surface area contributed by atoms with Crippen molar-refractivity contribution in [2.75, 3.05) is 0 Å². The van der Waals surface area contributed by atoms with Gasteiger partial charge in [-0.3, -0.25) is 4.79 Å². The fourth-order valence-electron chi connectivity index (χ4n) is 10.4. The van der Waals surface area contributed by atoms with Gasteiger partial charge in [-0.25, -0.2) is 0 Å². The van der Waals surface area contributed by atoms with Crippen LogP contribution in [0.25, 0.3) is 0 Å². The Kier molecular flexibility index (Phi) is 4.71. The zero-order chi connectivity index (χ0) is 23.5. The van der Waals surface area contributed by atoms with E-state index in [4.69, 9.17) is 0 Å². The van der Waals surface area contributed by atoms with E-state index >= 15 is 0 Å². The van der Waals surface area contributed by atoms with Crippen molar-refractivity contribution in [3.63, 3.8) is 0 Å². The van der Waals surface area contributed by atoms with Crippen molar-refractivity contribution in [3.05, 3.63) is 11.6 Å². The number of aliphatic hydroxyl groups is 1. The first-order valence-electron chi connectivity index (χ1n) is 13.5. The van der Waals surface area contributed by atoms with Gasteiger partial charge in [-0.1, -0.05) is 67.0 Å². The van der Waals surface area contributed by atoms with Crippen LogP contribution >= 0.6 is 0 Å². The predicted molar refractivity (Wildman–Crippen MR) is 131 cm³/mol. The summed E-state index contributed by atoms with van der Waals surface area (Å²) in [6.45, 7) is 19.4. The van der Waals surface area contributed by atoms with E-state index in [0.29, 0.717) is 29.0 Å². The number of hydrogen-bond donors (Lipinski definition) is 1. The van der Waals surface area contributed by atoms with Gasteiger partial charge in [-0.2, -0.15) is 0 Å². The molecular formula is C30H48O2. The average Bonchev–Trinajstić information content (AvgIpc) is 2.67. The fraction of sp³-hybridized carbons (Fsp3) is 0.900. The van der Waals surface area contributed by atoms with Crippen LogP contribution in [0.2, 0.25) is 0 Å². The first-order valence-corrected chi connectivity index (χ1v) is 13.5. The minimum Gasteiger partial charge on any atom is -0.393 e. The lowest BCUT2D eigenvalue weighted by molar-refractivity contribution is -0.202. The third kappa shape index (κ3) is 2.65. The van der Waals surface area contributed by atoms with Gasteiger partial charge in [-0.15, -0.1) is 0 Å². The standard InChI is InChI=1S/C30H48O2/c1-25(2)17-20-19-9-10-22-28(6)13-12-23(31)26(3,4)21(28)11-14-30(22,8)29(19,7)16-15-27(20,5)24(32)18-25/h9,20-23,31H,10-18H2,1-8H3/t20-,21-,22+,23-,27+,28-,29+,30+/m0/s1.